The molecule has 3 N–H and O–H groups in total. The predicted octanol–water partition coefficient (Wildman–Crippen LogP) is 0.432. The highest BCUT2D eigenvalue weighted by molar-refractivity contribution is 5.80. The maximum atomic E-state index is 12.4. The minimum atomic E-state index is -0.0440. The molecule has 132 valence electrons. The Labute approximate surface area is 144 Å². The van der Waals surface area contributed by atoms with Crippen LogP contribution in [-0.2, 0) is 16.1 Å². The molecule has 0 aromatic heterocycles. The van der Waals surface area contributed by atoms with Crippen LogP contribution in [0.25, 0.3) is 0 Å². The minimum Gasteiger partial charge on any atom is -0.355 e. The molecule has 1 aliphatic heterocycles. The molecule has 0 aliphatic carbocycles. The van der Waals surface area contributed by atoms with Gasteiger partial charge in [0.1, 0.15) is 0 Å². The van der Waals surface area contributed by atoms with E-state index in [4.69, 9.17) is 5.73 Å². The Hall–Kier alpha value is -1.92. The number of rotatable bonds is 7. The summed E-state index contributed by atoms with van der Waals surface area (Å²) in [6, 6.07) is 9.95. The fourth-order valence-corrected chi connectivity index (χ4v) is 3.01. The van der Waals surface area contributed by atoms with Crippen LogP contribution in [0, 0.1) is 5.92 Å². The van der Waals surface area contributed by atoms with Crippen LogP contribution in [0.5, 0.6) is 0 Å². The van der Waals surface area contributed by atoms with Crippen molar-refractivity contribution in [3.05, 3.63) is 35.9 Å². The van der Waals surface area contributed by atoms with Gasteiger partial charge in [-0.25, -0.2) is 0 Å². The maximum Gasteiger partial charge on any atom is 0.236 e. The highest BCUT2D eigenvalue weighted by Gasteiger charge is 2.27. The Morgan fingerprint density at radius 3 is 2.79 bits per heavy atom. The van der Waals surface area contributed by atoms with E-state index in [1.54, 1.807) is 4.90 Å². The highest BCUT2D eigenvalue weighted by atomic mass is 16.2. The molecule has 6 heteroatoms. The van der Waals surface area contributed by atoms with Gasteiger partial charge in [-0.1, -0.05) is 30.3 Å². The molecule has 0 radical (unpaired) electrons. The lowest BCUT2D eigenvalue weighted by Crippen LogP contribution is -2.47. The van der Waals surface area contributed by atoms with Crippen LogP contribution >= 0.6 is 0 Å². The first kappa shape index (κ1) is 18.4. The molecule has 2 amide bonds. The van der Waals surface area contributed by atoms with Crippen LogP contribution in [0.3, 0.4) is 0 Å². The number of hydrogen-bond donors (Lipinski definition) is 2. The molecule has 1 aromatic carbocycles. The minimum absolute atomic E-state index is 0.0440. The fraction of sp³-hybridized carbons (Fsp3) is 0.556. The van der Waals surface area contributed by atoms with Gasteiger partial charge in [0.05, 0.1) is 12.5 Å². The highest BCUT2D eigenvalue weighted by Crippen LogP contribution is 2.16. The van der Waals surface area contributed by atoms with Gasteiger partial charge in [-0.2, -0.15) is 0 Å². The van der Waals surface area contributed by atoms with Crippen LogP contribution in [0.4, 0.5) is 0 Å². The van der Waals surface area contributed by atoms with Crippen LogP contribution < -0.4 is 11.1 Å². The SMILES string of the molecule is CN(Cc1ccccc1)C(=O)CN1CCCC(C(=O)NCCN)C1. The molecule has 0 saturated carbocycles. The molecule has 1 heterocycles. The standard InChI is InChI=1S/C18H28N4O2/c1-21(12-15-6-3-2-4-7-15)17(23)14-22-11-5-8-16(13-22)18(24)20-10-9-19/h2-4,6-7,16H,5,8-14,19H2,1H3,(H,20,24). The number of carbonyl (C=O) groups is 2. The maximum absolute atomic E-state index is 12.4. The van der Waals surface area contributed by atoms with Gasteiger partial charge >= 0.3 is 0 Å². The summed E-state index contributed by atoms with van der Waals surface area (Å²) in [5.74, 6) is 0.0923. The lowest BCUT2D eigenvalue weighted by atomic mass is 9.97. The number of nitrogens with two attached hydrogens (primary N) is 1. The van der Waals surface area contributed by atoms with E-state index in [0.29, 0.717) is 32.7 Å². The Morgan fingerprint density at radius 2 is 2.08 bits per heavy atom. The summed E-state index contributed by atoms with van der Waals surface area (Å²) >= 11 is 0. The number of carbonyl (C=O) groups excluding carboxylic acids is 2. The van der Waals surface area contributed by atoms with E-state index in [1.165, 1.54) is 0 Å². The number of amides is 2. The van der Waals surface area contributed by atoms with Gasteiger partial charge in [-0.15, -0.1) is 0 Å². The zero-order valence-corrected chi connectivity index (χ0v) is 14.4. The molecular weight excluding hydrogens is 304 g/mol. The predicted molar refractivity (Wildman–Crippen MR) is 94.1 cm³/mol. The van der Waals surface area contributed by atoms with E-state index >= 15 is 0 Å². The quantitative estimate of drug-likeness (QED) is 0.759. The number of likely N-dealkylation sites (N-methyl/N-ethyl adjacent to an activating group) is 1. The summed E-state index contributed by atoms with van der Waals surface area (Å²) in [5.41, 5.74) is 6.54. The second kappa shape index (κ2) is 9.39. The van der Waals surface area contributed by atoms with Crippen LogP contribution in [-0.4, -0.2) is 61.4 Å². The van der Waals surface area contributed by atoms with Crippen molar-refractivity contribution in [2.24, 2.45) is 11.7 Å². The Bertz CT molecular complexity index is 535. The topological polar surface area (TPSA) is 78.7 Å². The third-order valence-electron chi connectivity index (χ3n) is 4.37. The van der Waals surface area contributed by atoms with E-state index in [9.17, 15) is 9.59 Å². The van der Waals surface area contributed by atoms with Gasteiger partial charge in [0.15, 0.2) is 0 Å². The Balaban J connectivity index is 1.81. The van der Waals surface area contributed by atoms with Crippen molar-refractivity contribution < 1.29 is 9.59 Å². The lowest BCUT2D eigenvalue weighted by molar-refractivity contribution is -0.134. The van der Waals surface area contributed by atoms with Gasteiger partial charge in [0.2, 0.25) is 11.8 Å². The molecule has 1 saturated heterocycles. The number of benzene rings is 1. The normalized spacial score (nSPS) is 18.2. The van der Waals surface area contributed by atoms with E-state index in [2.05, 4.69) is 10.2 Å². The van der Waals surface area contributed by atoms with Crippen molar-refractivity contribution >= 4 is 11.8 Å². The van der Waals surface area contributed by atoms with Crippen molar-refractivity contribution in [1.29, 1.82) is 0 Å². The largest absolute Gasteiger partial charge is 0.355 e. The summed E-state index contributed by atoms with van der Waals surface area (Å²) in [7, 11) is 1.82. The second-order valence-electron chi connectivity index (χ2n) is 6.39. The first-order valence-electron chi connectivity index (χ1n) is 8.58. The summed E-state index contributed by atoms with van der Waals surface area (Å²) in [6.45, 7) is 3.43. The third-order valence-corrected chi connectivity index (χ3v) is 4.37. The van der Waals surface area contributed by atoms with Crippen LogP contribution in [0.1, 0.15) is 18.4 Å². The molecule has 1 unspecified atom stereocenters. The number of nitrogens with one attached hydrogen (secondary N) is 1. The second-order valence-corrected chi connectivity index (χ2v) is 6.39. The summed E-state index contributed by atoms with van der Waals surface area (Å²) in [4.78, 5) is 28.3. The van der Waals surface area contributed by atoms with Gasteiger partial charge in [-0.3, -0.25) is 14.5 Å². The smallest absolute Gasteiger partial charge is 0.236 e. The average Bonchev–Trinajstić information content (AvgIpc) is 2.60. The summed E-state index contributed by atoms with van der Waals surface area (Å²) < 4.78 is 0. The first-order valence-corrected chi connectivity index (χ1v) is 8.58. The van der Waals surface area contributed by atoms with Crippen molar-refractivity contribution in [3.8, 4) is 0 Å². The molecule has 24 heavy (non-hydrogen) atoms. The number of nitrogens with zero attached hydrogens (tertiary/aromatic N) is 2. The number of likely N-dealkylation sites (tertiary alicyclic amines) is 1. The number of hydrogen-bond acceptors (Lipinski definition) is 4. The van der Waals surface area contributed by atoms with Gasteiger partial charge in [0, 0.05) is 33.2 Å². The molecule has 0 bridgehead atoms. The monoisotopic (exact) mass is 332 g/mol. The zero-order chi connectivity index (χ0) is 17.4. The third kappa shape index (κ3) is 5.62. The number of piperidine rings is 1. The summed E-state index contributed by atoms with van der Waals surface area (Å²) in [5, 5.41) is 2.85. The Kier molecular flexibility index (Phi) is 7.21. The van der Waals surface area contributed by atoms with Crippen LogP contribution in [0.2, 0.25) is 0 Å². The van der Waals surface area contributed by atoms with Crippen molar-refractivity contribution in [1.82, 2.24) is 15.1 Å². The first-order chi connectivity index (χ1) is 11.6. The van der Waals surface area contributed by atoms with Gasteiger partial charge < -0.3 is 16.0 Å². The molecule has 1 atom stereocenters. The molecule has 1 fully saturated rings. The summed E-state index contributed by atoms with van der Waals surface area (Å²) in [6.07, 6.45) is 1.82. The fourth-order valence-electron chi connectivity index (χ4n) is 3.01. The molecule has 0 spiro atoms. The van der Waals surface area contributed by atoms with Gasteiger partial charge in [0.25, 0.3) is 0 Å². The van der Waals surface area contributed by atoms with E-state index in [0.717, 1.165) is 24.9 Å². The molecule has 1 aromatic rings. The van der Waals surface area contributed by atoms with E-state index in [-0.39, 0.29) is 17.7 Å². The van der Waals surface area contributed by atoms with Crippen LogP contribution in [0.15, 0.2) is 30.3 Å². The molecular formula is C18H28N4O2. The van der Waals surface area contributed by atoms with Crippen molar-refractivity contribution in [3.63, 3.8) is 0 Å². The van der Waals surface area contributed by atoms with E-state index < -0.39 is 0 Å². The Morgan fingerprint density at radius 1 is 1.33 bits per heavy atom. The molecule has 1 aliphatic rings. The van der Waals surface area contributed by atoms with Gasteiger partial charge in [-0.05, 0) is 24.9 Å². The molecule has 6 nitrogen and oxygen atoms in total. The zero-order valence-electron chi connectivity index (χ0n) is 14.4. The lowest BCUT2D eigenvalue weighted by Gasteiger charge is -2.32. The van der Waals surface area contributed by atoms with E-state index in [1.807, 2.05) is 37.4 Å². The molecule has 2 rings (SSSR count). The van der Waals surface area contributed by atoms with Crippen molar-refractivity contribution in [2.75, 3.05) is 39.8 Å². The van der Waals surface area contributed by atoms with Crippen molar-refractivity contribution in [2.45, 2.75) is 19.4 Å². The average molecular weight is 332 g/mol.